The van der Waals surface area contributed by atoms with Crippen LogP contribution in [0.4, 0.5) is 17.6 Å². The monoisotopic (exact) mass is 510 g/mol. The van der Waals surface area contributed by atoms with Crippen LogP contribution in [0, 0.1) is 5.82 Å². The largest absolute Gasteiger partial charge is 0.508 e. The smallest absolute Gasteiger partial charge is 0.417 e. The Hall–Kier alpha value is -4.33. The maximum absolute atomic E-state index is 13.8. The summed E-state index contributed by atoms with van der Waals surface area (Å²) < 4.78 is 61.3. The fraction of sp³-hybridized carbons (Fsp3) is 0.138. The molecule has 0 bridgehead atoms. The lowest BCUT2D eigenvalue weighted by molar-refractivity contribution is -0.138. The molecule has 0 fully saturated rings. The zero-order chi connectivity index (χ0) is 26.7. The van der Waals surface area contributed by atoms with E-state index in [0.29, 0.717) is 34.4 Å². The summed E-state index contributed by atoms with van der Waals surface area (Å²) in [5.41, 5.74) is 0.655. The van der Waals surface area contributed by atoms with Gasteiger partial charge in [0.2, 0.25) is 0 Å². The van der Waals surface area contributed by atoms with E-state index in [1.165, 1.54) is 30.3 Å². The second kappa shape index (κ2) is 10.3. The van der Waals surface area contributed by atoms with Crippen LogP contribution in [-0.2, 0) is 17.4 Å². The highest BCUT2D eigenvalue weighted by molar-refractivity contribution is 5.98. The van der Waals surface area contributed by atoms with Crippen molar-refractivity contribution >= 4 is 22.8 Å². The molecule has 2 N–H and O–H groups in total. The van der Waals surface area contributed by atoms with Gasteiger partial charge in [-0.1, -0.05) is 37.6 Å². The van der Waals surface area contributed by atoms with Gasteiger partial charge in [0.15, 0.2) is 0 Å². The number of aliphatic carboxylic acids is 1. The van der Waals surface area contributed by atoms with Gasteiger partial charge in [0.1, 0.15) is 23.1 Å². The summed E-state index contributed by atoms with van der Waals surface area (Å²) in [6.45, 7) is 1.97. The van der Waals surface area contributed by atoms with Crippen LogP contribution in [-0.4, -0.2) is 16.2 Å². The first-order chi connectivity index (χ1) is 17.6. The zero-order valence-corrected chi connectivity index (χ0v) is 19.6. The molecule has 0 atom stereocenters. The van der Waals surface area contributed by atoms with Gasteiger partial charge >= 0.3 is 12.1 Å². The molecule has 0 amide bonds. The molecule has 0 aliphatic heterocycles. The zero-order valence-electron chi connectivity index (χ0n) is 19.6. The first-order valence-corrected chi connectivity index (χ1v) is 11.4. The van der Waals surface area contributed by atoms with Crippen LogP contribution in [0.15, 0.2) is 72.8 Å². The number of halogens is 4. The summed E-state index contributed by atoms with van der Waals surface area (Å²) >= 11 is 0. The van der Waals surface area contributed by atoms with Crippen molar-refractivity contribution in [2.45, 2.75) is 25.9 Å². The van der Waals surface area contributed by atoms with Crippen molar-refractivity contribution < 1.29 is 37.3 Å². The van der Waals surface area contributed by atoms with Gasteiger partial charge in [-0.3, -0.25) is 0 Å². The Morgan fingerprint density at radius 3 is 2.38 bits per heavy atom. The lowest BCUT2D eigenvalue weighted by atomic mass is 9.91. The molecule has 0 spiro atoms. The number of carbonyl (C=O) groups is 1. The molecule has 4 aromatic rings. The summed E-state index contributed by atoms with van der Waals surface area (Å²) in [6, 6.07) is 15.5. The molecule has 0 aliphatic carbocycles. The molecule has 4 aromatic carbocycles. The Balaban J connectivity index is 1.96. The van der Waals surface area contributed by atoms with Gasteiger partial charge in [-0.15, -0.1) is 0 Å². The molecule has 190 valence electrons. The van der Waals surface area contributed by atoms with Crippen molar-refractivity contribution in [3.63, 3.8) is 0 Å². The Morgan fingerprint density at radius 1 is 1.00 bits per heavy atom. The van der Waals surface area contributed by atoms with E-state index in [-0.39, 0.29) is 22.8 Å². The molecule has 8 heteroatoms. The summed E-state index contributed by atoms with van der Waals surface area (Å²) in [7, 11) is 0. The van der Waals surface area contributed by atoms with Gasteiger partial charge in [0, 0.05) is 17.0 Å². The van der Waals surface area contributed by atoms with Crippen molar-refractivity contribution in [2.24, 2.45) is 0 Å². The van der Waals surface area contributed by atoms with E-state index < -0.39 is 23.5 Å². The molecule has 0 saturated heterocycles. The first-order valence-electron chi connectivity index (χ1n) is 11.4. The maximum Gasteiger partial charge on any atom is 0.417 e. The molecule has 0 aromatic heterocycles. The second-order valence-electron chi connectivity index (χ2n) is 8.42. The summed E-state index contributed by atoms with van der Waals surface area (Å²) in [5, 5.41) is 20.0. The molecule has 4 nitrogen and oxygen atoms in total. The fourth-order valence-corrected chi connectivity index (χ4v) is 4.19. The standard InChI is InChI=1S/C29H22F4O4/c1-2-3-19-14-20-15-22(34)10-12-24(20)28(27(19)18-4-8-21(30)9-5-18)37-23-11-6-17(7-13-26(35)36)25(16-23)29(31,32)33/h4-16,34H,2-3H2,1H3,(H,35,36). The van der Waals surface area contributed by atoms with Crippen LogP contribution in [0.25, 0.3) is 28.0 Å². The van der Waals surface area contributed by atoms with Gasteiger partial charge in [-0.05, 0) is 77.0 Å². The number of phenolic OH excluding ortho intramolecular Hbond substituents is 1. The van der Waals surface area contributed by atoms with Crippen molar-refractivity contribution in [3.8, 4) is 28.4 Å². The van der Waals surface area contributed by atoms with E-state index >= 15 is 0 Å². The third kappa shape index (κ3) is 5.74. The second-order valence-corrected chi connectivity index (χ2v) is 8.42. The molecule has 37 heavy (non-hydrogen) atoms. The van der Waals surface area contributed by atoms with E-state index in [1.807, 2.05) is 13.0 Å². The highest BCUT2D eigenvalue weighted by Gasteiger charge is 2.33. The molecule has 4 rings (SSSR count). The first kappa shape index (κ1) is 25.8. The van der Waals surface area contributed by atoms with Crippen LogP contribution in [0.3, 0.4) is 0 Å². The van der Waals surface area contributed by atoms with Crippen LogP contribution >= 0.6 is 0 Å². The lowest BCUT2D eigenvalue weighted by Crippen LogP contribution is -2.08. The molecular weight excluding hydrogens is 488 g/mol. The van der Waals surface area contributed by atoms with Crippen molar-refractivity contribution in [2.75, 3.05) is 0 Å². The number of carboxylic acids is 1. The quantitative estimate of drug-likeness (QED) is 0.194. The number of hydrogen-bond acceptors (Lipinski definition) is 3. The number of carboxylic acid groups (broad SMARTS) is 1. The molecular formula is C29H22F4O4. The number of aryl methyl sites for hydroxylation is 1. The molecule has 0 radical (unpaired) electrons. The maximum atomic E-state index is 13.8. The van der Waals surface area contributed by atoms with E-state index in [9.17, 15) is 27.5 Å². The minimum atomic E-state index is -4.77. The summed E-state index contributed by atoms with van der Waals surface area (Å²) in [4.78, 5) is 10.8. The number of aromatic hydroxyl groups is 1. The van der Waals surface area contributed by atoms with Crippen LogP contribution in [0.2, 0.25) is 0 Å². The molecule has 0 aliphatic rings. The molecule has 0 heterocycles. The van der Waals surface area contributed by atoms with E-state index in [1.54, 1.807) is 18.2 Å². The number of phenols is 1. The van der Waals surface area contributed by atoms with E-state index in [4.69, 9.17) is 9.84 Å². The highest BCUT2D eigenvalue weighted by Crippen LogP contribution is 2.44. The van der Waals surface area contributed by atoms with E-state index in [2.05, 4.69) is 0 Å². The SMILES string of the molecule is CCCc1cc2cc(O)ccc2c(Oc2ccc(C=CC(=O)O)c(C(F)(F)F)c2)c1-c1ccc(F)cc1. The fourth-order valence-electron chi connectivity index (χ4n) is 4.19. The lowest BCUT2D eigenvalue weighted by Gasteiger charge is -2.20. The van der Waals surface area contributed by atoms with Gasteiger partial charge in [-0.25, -0.2) is 9.18 Å². The number of benzene rings is 4. The Morgan fingerprint density at radius 2 is 1.73 bits per heavy atom. The molecule has 0 unspecified atom stereocenters. The van der Waals surface area contributed by atoms with Crippen LogP contribution in [0.1, 0.15) is 30.0 Å². The number of rotatable bonds is 7. The predicted molar refractivity (Wildman–Crippen MR) is 133 cm³/mol. The van der Waals surface area contributed by atoms with Crippen LogP contribution in [0.5, 0.6) is 17.2 Å². The summed E-state index contributed by atoms with van der Waals surface area (Å²) in [5.74, 6) is -1.65. The average molecular weight is 510 g/mol. The van der Waals surface area contributed by atoms with Crippen molar-refractivity contribution in [3.05, 3.63) is 95.3 Å². The Kier molecular flexibility index (Phi) is 7.20. The summed E-state index contributed by atoms with van der Waals surface area (Å²) in [6.07, 6.45) is -1.91. The molecule has 0 saturated carbocycles. The van der Waals surface area contributed by atoms with Crippen LogP contribution < -0.4 is 4.74 Å². The minimum Gasteiger partial charge on any atom is -0.508 e. The number of hydrogen-bond donors (Lipinski definition) is 2. The average Bonchev–Trinajstić information content (AvgIpc) is 2.83. The van der Waals surface area contributed by atoms with Crippen molar-refractivity contribution in [1.29, 1.82) is 0 Å². The normalized spacial score (nSPS) is 11.8. The van der Waals surface area contributed by atoms with Gasteiger partial charge in [0.25, 0.3) is 0 Å². The Labute approximate surface area is 210 Å². The number of alkyl halides is 3. The predicted octanol–water partition coefficient (Wildman–Crippen LogP) is 8.21. The minimum absolute atomic E-state index is 0.0179. The highest BCUT2D eigenvalue weighted by atomic mass is 19.4. The topological polar surface area (TPSA) is 66.8 Å². The third-order valence-electron chi connectivity index (χ3n) is 5.77. The van der Waals surface area contributed by atoms with Crippen molar-refractivity contribution in [1.82, 2.24) is 0 Å². The van der Waals surface area contributed by atoms with Gasteiger partial charge in [0.05, 0.1) is 5.56 Å². The third-order valence-corrected chi connectivity index (χ3v) is 5.77. The number of fused-ring (bicyclic) bond motifs is 1. The number of ether oxygens (including phenoxy) is 1. The van der Waals surface area contributed by atoms with E-state index in [0.717, 1.165) is 30.2 Å². The van der Waals surface area contributed by atoms with Gasteiger partial charge < -0.3 is 14.9 Å². The Bertz CT molecular complexity index is 1490. The van der Waals surface area contributed by atoms with Gasteiger partial charge in [-0.2, -0.15) is 13.2 Å².